The molecule has 0 bridgehead atoms. The molecule has 1 aliphatic heterocycles. The highest BCUT2D eigenvalue weighted by molar-refractivity contribution is 7.91. The standard InChI is InChI=1S/C22H27N5O2S/c1-3-4-18-9-10-19(20(21(18)30(2,28)29)22-24-26-27-25-22)17-7-5-15(6-8-17)16-11-13-23-14-12-16/h5-10,16,23H,3-4,11-14H2,1-2H3,(H,24,25,26,27). The lowest BCUT2D eigenvalue weighted by Gasteiger charge is -2.23. The molecule has 4 rings (SSSR count). The van der Waals surface area contributed by atoms with E-state index in [9.17, 15) is 8.42 Å². The van der Waals surface area contributed by atoms with Gasteiger partial charge in [0.25, 0.3) is 0 Å². The van der Waals surface area contributed by atoms with Gasteiger partial charge in [-0.3, -0.25) is 0 Å². The van der Waals surface area contributed by atoms with Crippen LogP contribution >= 0.6 is 0 Å². The van der Waals surface area contributed by atoms with E-state index in [2.05, 4.69) is 50.2 Å². The fraction of sp³-hybridized carbons (Fsp3) is 0.409. The summed E-state index contributed by atoms with van der Waals surface area (Å²) in [6.07, 6.45) is 5.03. The van der Waals surface area contributed by atoms with Crippen LogP contribution in [-0.4, -0.2) is 48.4 Å². The van der Waals surface area contributed by atoms with Gasteiger partial charge in [0.2, 0.25) is 5.82 Å². The maximum absolute atomic E-state index is 12.8. The summed E-state index contributed by atoms with van der Waals surface area (Å²) in [6.45, 7) is 4.13. The number of tetrazole rings is 1. The number of hydrogen-bond donors (Lipinski definition) is 2. The van der Waals surface area contributed by atoms with Crippen molar-refractivity contribution in [2.45, 2.75) is 43.4 Å². The highest BCUT2D eigenvalue weighted by Gasteiger charge is 2.25. The maximum atomic E-state index is 12.8. The fourth-order valence-electron chi connectivity index (χ4n) is 4.34. The summed E-state index contributed by atoms with van der Waals surface area (Å²) in [7, 11) is -3.50. The third-order valence-electron chi connectivity index (χ3n) is 5.73. The number of benzene rings is 2. The third kappa shape index (κ3) is 4.15. The van der Waals surface area contributed by atoms with E-state index in [1.54, 1.807) is 0 Å². The zero-order chi connectivity index (χ0) is 21.1. The third-order valence-corrected chi connectivity index (χ3v) is 6.94. The number of nitrogens with one attached hydrogen (secondary N) is 2. The van der Waals surface area contributed by atoms with Gasteiger partial charge in [-0.1, -0.05) is 49.7 Å². The Morgan fingerprint density at radius 3 is 2.40 bits per heavy atom. The average Bonchev–Trinajstić information content (AvgIpc) is 3.28. The molecule has 1 aromatic heterocycles. The topological polar surface area (TPSA) is 101 Å². The first-order valence-corrected chi connectivity index (χ1v) is 12.3. The fourth-order valence-corrected chi connectivity index (χ4v) is 5.55. The van der Waals surface area contributed by atoms with Gasteiger partial charge in [0.05, 0.1) is 4.90 Å². The van der Waals surface area contributed by atoms with E-state index >= 15 is 0 Å². The minimum atomic E-state index is -3.50. The summed E-state index contributed by atoms with van der Waals surface area (Å²) >= 11 is 0. The van der Waals surface area contributed by atoms with Crippen molar-refractivity contribution in [2.75, 3.05) is 19.3 Å². The van der Waals surface area contributed by atoms with Crippen LogP contribution in [0.15, 0.2) is 41.3 Å². The van der Waals surface area contributed by atoms with Crippen molar-refractivity contribution in [1.29, 1.82) is 0 Å². The van der Waals surface area contributed by atoms with Crippen molar-refractivity contribution in [2.24, 2.45) is 0 Å². The lowest BCUT2D eigenvalue weighted by Crippen LogP contribution is -2.26. The molecule has 0 atom stereocenters. The number of piperidine rings is 1. The number of aryl methyl sites for hydroxylation is 1. The molecule has 1 aliphatic rings. The zero-order valence-electron chi connectivity index (χ0n) is 17.4. The van der Waals surface area contributed by atoms with E-state index in [1.165, 1.54) is 11.8 Å². The van der Waals surface area contributed by atoms with Crippen molar-refractivity contribution in [1.82, 2.24) is 25.9 Å². The number of rotatable bonds is 6. The number of H-pyrrole nitrogens is 1. The lowest BCUT2D eigenvalue weighted by molar-refractivity contribution is 0.460. The van der Waals surface area contributed by atoms with Crippen LogP contribution in [0.3, 0.4) is 0 Å². The minimum Gasteiger partial charge on any atom is -0.317 e. The monoisotopic (exact) mass is 425 g/mol. The Labute approximate surface area is 177 Å². The summed E-state index contributed by atoms with van der Waals surface area (Å²) in [5.74, 6) is 0.862. The average molecular weight is 426 g/mol. The first-order valence-electron chi connectivity index (χ1n) is 10.4. The molecule has 2 heterocycles. The molecule has 1 fully saturated rings. The Morgan fingerprint density at radius 2 is 1.80 bits per heavy atom. The molecule has 0 aliphatic carbocycles. The van der Waals surface area contributed by atoms with Crippen LogP contribution in [0.1, 0.15) is 43.2 Å². The molecule has 2 N–H and O–H groups in total. The molecule has 30 heavy (non-hydrogen) atoms. The summed E-state index contributed by atoms with van der Waals surface area (Å²) in [5.41, 5.74) is 4.38. The molecule has 1 saturated heterocycles. The molecule has 158 valence electrons. The predicted molar refractivity (Wildman–Crippen MR) is 117 cm³/mol. The number of hydrogen-bond acceptors (Lipinski definition) is 6. The van der Waals surface area contributed by atoms with Crippen LogP contribution in [0.25, 0.3) is 22.5 Å². The number of aromatic amines is 1. The van der Waals surface area contributed by atoms with Gasteiger partial charge in [0.15, 0.2) is 9.84 Å². The van der Waals surface area contributed by atoms with Crippen molar-refractivity contribution in [3.8, 4) is 22.5 Å². The van der Waals surface area contributed by atoms with Gasteiger partial charge in [0, 0.05) is 11.8 Å². The number of nitrogens with zero attached hydrogens (tertiary/aromatic N) is 3. The quantitative estimate of drug-likeness (QED) is 0.628. The second kappa shape index (κ2) is 8.65. The van der Waals surface area contributed by atoms with Gasteiger partial charge in [-0.15, -0.1) is 10.2 Å². The number of sulfone groups is 1. The van der Waals surface area contributed by atoms with Crippen LogP contribution in [0.2, 0.25) is 0 Å². The van der Waals surface area contributed by atoms with Crippen LogP contribution in [0.4, 0.5) is 0 Å². The second-order valence-corrected chi connectivity index (χ2v) is 9.83. The van der Waals surface area contributed by atoms with Gasteiger partial charge in [-0.05, 0) is 65.7 Å². The highest BCUT2D eigenvalue weighted by Crippen LogP contribution is 2.38. The van der Waals surface area contributed by atoms with Gasteiger partial charge in [-0.25, -0.2) is 8.42 Å². The van der Waals surface area contributed by atoms with E-state index < -0.39 is 9.84 Å². The number of aromatic nitrogens is 4. The largest absolute Gasteiger partial charge is 0.317 e. The molecule has 0 spiro atoms. The Hall–Kier alpha value is -2.58. The van der Waals surface area contributed by atoms with Gasteiger partial charge >= 0.3 is 0 Å². The molecule has 8 heteroatoms. The molecule has 7 nitrogen and oxygen atoms in total. The van der Waals surface area contributed by atoms with Gasteiger partial charge < -0.3 is 5.32 Å². The van der Waals surface area contributed by atoms with Crippen LogP contribution in [0, 0.1) is 0 Å². The Bertz CT molecular complexity index is 1100. The Morgan fingerprint density at radius 1 is 1.07 bits per heavy atom. The molecule has 2 aromatic carbocycles. The molecule has 3 aromatic rings. The molecular formula is C22H27N5O2S. The minimum absolute atomic E-state index is 0.297. The van der Waals surface area contributed by atoms with Crippen molar-refractivity contribution < 1.29 is 8.42 Å². The normalized spacial score (nSPS) is 15.4. The molecule has 0 unspecified atom stereocenters. The van der Waals surface area contributed by atoms with Crippen molar-refractivity contribution in [3.05, 3.63) is 47.5 Å². The summed E-state index contributed by atoms with van der Waals surface area (Å²) in [6, 6.07) is 12.4. The molecule has 0 saturated carbocycles. The predicted octanol–water partition coefficient (Wildman–Crippen LogP) is 3.36. The first-order chi connectivity index (χ1) is 14.5. The zero-order valence-corrected chi connectivity index (χ0v) is 18.2. The Balaban J connectivity index is 1.85. The van der Waals surface area contributed by atoms with Crippen LogP contribution in [-0.2, 0) is 16.3 Å². The second-order valence-electron chi connectivity index (χ2n) is 7.88. The van der Waals surface area contributed by atoms with E-state index in [1.807, 2.05) is 19.1 Å². The van der Waals surface area contributed by atoms with Crippen LogP contribution < -0.4 is 5.32 Å². The van der Waals surface area contributed by atoms with E-state index in [0.29, 0.717) is 28.6 Å². The van der Waals surface area contributed by atoms with Gasteiger partial charge in [0.1, 0.15) is 0 Å². The van der Waals surface area contributed by atoms with E-state index in [0.717, 1.165) is 49.0 Å². The summed E-state index contributed by atoms with van der Waals surface area (Å²) < 4.78 is 25.6. The SMILES string of the molecule is CCCc1ccc(-c2ccc(C3CCNCC3)cc2)c(-c2nn[nH]n2)c1S(C)(=O)=O. The van der Waals surface area contributed by atoms with E-state index in [-0.39, 0.29) is 0 Å². The van der Waals surface area contributed by atoms with E-state index in [4.69, 9.17) is 0 Å². The first kappa shape index (κ1) is 20.7. The summed E-state index contributed by atoms with van der Waals surface area (Å²) in [4.78, 5) is 0.297. The Kier molecular flexibility index (Phi) is 5.97. The van der Waals surface area contributed by atoms with Crippen LogP contribution in [0.5, 0.6) is 0 Å². The smallest absolute Gasteiger partial charge is 0.206 e. The lowest BCUT2D eigenvalue weighted by atomic mass is 9.88. The highest BCUT2D eigenvalue weighted by atomic mass is 32.2. The van der Waals surface area contributed by atoms with Gasteiger partial charge in [-0.2, -0.15) is 5.21 Å². The molecule has 0 amide bonds. The van der Waals surface area contributed by atoms with Crippen molar-refractivity contribution in [3.63, 3.8) is 0 Å². The maximum Gasteiger partial charge on any atom is 0.206 e. The summed E-state index contributed by atoms with van der Waals surface area (Å²) in [5, 5.41) is 17.8. The molecular weight excluding hydrogens is 398 g/mol. The molecule has 0 radical (unpaired) electrons. The van der Waals surface area contributed by atoms with Crippen molar-refractivity contribution >= 4 is 9.84 Å².